The Hall–Kier alpha value is -1.83. The van der Waals surface area contributed by atoms with Crippen LogP contribution < -0.4 is 0 Å². The van der Waals surface area contributed by atoms with Crippen molar-refractivity contribution in [2.24, 2.45) is 0 Å². The molecule has 1 saturated heterocycles. The van der Waals surface area contributed by atoms with Gasteiger partial charge in [-0.15, -0.1) is 10.2 Å². The van der Waals surface area contributed by atoms with Gasteiger partial charge in [-0.25, -0.2) is 4.39 Å². The maximum absolute atomic E-state index is 13.3. The molecule has 3 aromatic rings. The molecular formula is C19H19ClFN3O2S. The number of hydrogen-bond donors (Lipinski definition) is 0. The first-order chi connectivity index (χ1) is 13.1. The topological polar surface area (TPSA) is 53.1 Å². The van der Waals surface area contributed by atoms with Crippen molar-refractivity contribution >= 4 is 23.4 Å². The third-order valence-electron chi connectivity index (χ3n) is 4.60. The van der Waals surface area contributed by atoms with Crippen LogP contribution in [0.15, 0.2) is 40.1 Å². The summed E-state index contributed by atoms with van der Waals surface area (Å²) in [7, 11) is 0. The molecule has 8 heteroatoms. The lowest BCUT2D eigenvalue weighted by Gasteiger charge is -2.14. The van der Waals surface area contributed by atoms with E-state index < -0.39 is 0 Å². The van der Waals surface area contributed by atoms with E-state index in [1.165, 1.54) is 23.9 Å². The van der Waals surface area contributed by atoms with Crippen LogP contribution in [0, 0.1) is 12.7 Å². The SMILES string of the molecule is Cc1occc1-c1nnc(SCc2ccc(F)cc2Cl)n1CC1CCCO1. The maximum atomic E-state index is 13.3. The van der Waals surface area contributed by atoms with Crippen molar-refractivity contribution in [1.82, 2.24) is 14.8 Å². The molecular weight excluding hydrogens is 389 g/mol. The molecule has 142 valence electrons. The van der Waals surface area contributed by atoms with Crippen molar-refractivity contribution in [3.8, 4) is 11.4 Å². The van der Waals surface area contributed by atoms with E-state index in [0.29, 0.717) is 17.3 Å². The van der Waals surface area contributed by atoms with Gasteiger partial charge in [0.25, 0.3) is 0 Å². The average molecular weight is 408 g/mol. The molecule has 0 amide bonds. The molecule has 2 aromatic heterocycles. The number of nitrogens with zero attached hydrogens (tertiary/aromatic N) is 3. The Morgan fingerprint density at radius 3 is 2.93 bits per heavy atom. The van der Waals surface area contributed by atoms with Crippen molar-refractivity contribution in [1.29, 1.82) is 0 Å². The number of rotatable bonds is 6. The van der Waals surface area contributed by atoms with Gasteiger partial charge in [0.05, 0.1) is 24.5 Å². The Balaban J connectivity index is 1.61. The highest BCUT2D eigenvalue weighted by Crippen LogP contribution is 2.31. The lowest BCUT2D eigenvalue weighted by Crippen LogP contribution is -2.16. The molecule has 0 saturated carbocycles. The number of ether oxygens (including phenoxy) is 1. The molecule has 1 aromatic carbocycles. The minimum atomic E-state index is -0.340. The number of aromatic nitrogens is 3. The normalized spacial score (nSPS) is 16.9. The summed E-state index contributed by atoms with van der Waals surface area (Å²) in [6.07, 6.45) is 3.90. The Morgan fingerprint density at radius 1 is 1.33 bits per heavy atom. The number of furan rings is 1. The number of halogens is 2. The lowest BCUT2D eigenvalue weighted by atomic mass is 10.2. The summed E-state index contributed by atoms with van der Waals surface area (Å²) in [6, 6.07) is 6.34. The number of benzene rings is 1. The first kappa shape index (κ1) is 18.5. The second-order valence-electron chi connectivity index (χ2n) is 6.47. The molecule has 1 unspecified atom stereocenters. The highest BCUT2D eigenvalue weighted by Gasteiger charge is 2.23. The predicted octanol–water partition coefficient (Wildman–Crippen LogP) is 5.11. The van der Waals surface area contributed by atoms with E-state index in [4.69, 9.17) is 20.8 Å². The molecule has 5 nitrogen and oxygen atoms in total. The van der Waals surface area contributed by atoms with E-state index in [1.807, 2.05) is 13.0 Å². The van der Waals surface area contributed by atoms with Gasteiger partial charge in [0.15, 0.2) is 11.0 Å². The van der Waals surface area contributed by atoms with Crippen LogP contribution in [0.5, 0.6) is 0 Å². The van der Waals surface area contributed by atoms with Crippen LogP contribution in [0.25, 0.3) is 11.4 Å². The van der Waals surface area contributed by atoms with Crippen LogP contribution in [0.3, 0.4) is 0 Å². The molecule has 0 bridgehead atoms. The molecule has 3 heterocycles. The molecule has 4 rings (SSSR count). The predicted molar refractivity (Wildman–Crippen MR) is 102 cm³/mol. The van der Waals surface area contributed by atoms with Crippen LogP contribution in [0.4, 0.5) is 4.39 Å². The fourth-order valence-corrected chi connectivity index (χ4v) is 4.41. The molecule has 0 spiro atoms. The van der Waals surface area contributed by atoms with Gasteiger partial charge in [0.1, 0.15) is 11.6 Å². The van der Waals surface area contributed by atoms with Crippen molar-refractivity contribution in [2.75, 3.05) is 6.61 Å². The van der Waals surface area contributed by atoms with E-state index in [2.05, 4.69) is 14.8 Å². The van der Waals surface area contributed by atoms with Crippen molar-refractivity contribution in [3.05, 3.63) is 52.7 Å². The first-order valence-electron chi connectivity index (χ1n) is 8.78. The summed E-state index contributed by atoms with van der Waals surface area (Å²) in [5.41, 5.74) is 1.78. The fourth-order valence-electron chi connectivity index (χ4n) is 3.15. The second-order valence-corrected chi connectivity index (χ2v) is 7.82. The van der Waals surface area contributed by atoms with Gasteiger partial charge in [-0.3, -0.25) is 4.57 Å². The van der Waals surface area contributed by atoms with E-state index in [9.17, 15) is 4.39 Å². The molecule has 27 heavy (non-hydrogen) atoms. The minimum Gasteiger partial charge on any atom is -0.469 e. The zero-order valence-corrected chi connectivity index (χ0v) is 16.4. The van der Waals surface area contributed by atoms with Gasteiger partial charge in [0, 0.05) is 17.4 Å². The maximum Gasteiger partial charge on any atom is 0.191 e. The summed E-state index contributed by atoms with van der Waals surface area (Å²) in [6.45, 7) is 3.39. The van der Waals surface area contributed by atoms with E-state index in [0.717, 1.165) is 47.3 Å². The third kappa shape index (κ3) is 4.05. The standard InChI is InChI=1S/C19H19ClFN3O2S/c1-12-16(6-8-25-12)18-22-23-19(24(18)10-15-3-2-7-26-15)27-11-13-4-5-14(21)9-17(13)20/h4-6,8-9,15H,2-3,7,10-11H2,1H3. The summed E-state index contributed by atoms with van der Waals surface area (Å²) >= 11 is 7.68. The fraction of sp³-hybridized carbons (Fsp3) is 0.368. The molecule has 0 N–H and O–H groups in total. The number of thioether (sulfide) groups is 1. The molecule has 1 aliphatic rings. The van der Waals surface area contributed by atoms with Gasteiger partial charge < -0.3 is 9.15 Å². The summed E-state index contributed by atoms with van der Waals surface area (Å²) in [5, 5.41) is 9.97. The van der Waals surface area contributed by atoms with Gasteiger partial charge >= 0.3 is 0 Å². The summed E-state index contributed by atoms with van der Waals surface area (Å²) < 4.78 is 26.6. The molecule has 1 atom stereocenters. The van der Waals surface area contributed by atoms with Gasteiger partial charge in [-0.2, -0.15) is 0 Å². The molecule has 0 radical (unpaired) electrons. The second kappa shape index (κ2) is 8.04. The number of hydrogen-bond acceptors (Lipinski definition) is 5. The van der Waals surface area contributed by atoms with Crippen molar-refractivity contribution in [3.63, 3.8) is 0 Å². The number of aryl methyl sites for hydroxylation is 1. The zero-order valence-electron chi connectivity index (χ0n) is 14.8. The van der Waals surface area contributed by atoms with E-state index in [1.54, 1.807) is 12.3 Å². The average Bonchev–Trinajstić information content (AvgIpc) is 3.37. The highest BCUT2D eigenvalue weighted by atomic mass is 35.5. The van der Waals surface area contributed by atoms with Crippen LogP contribution in [0.1, 0.15) is 24.2 Å². The Labute approximate surface area is 165 Å². The largest absolute Gasteiger partial charge is 0.469 e. The van der Waals surface area contributed by atoms with Gasteiger partial charge in [-0.1, -0.05) is 29.4 Å². The third-order valence-corrected chi connectivity index (χ3v) is 5.97. The summed E-state index contributed by atoms with van der Waals surface area (Å²) in [5.74, 6) is 1.80. The van der Waals surface area contributed by atoms with Crippen LogP contribution in [-0.2, 0) is 17.0 Å². The Morgan fingerprint density at radius 2 is 2.22 bits per heavy atom. The Bertz CT molecular complexity index is 937. The van der Waals surface area contributed by atoms with E-state index >= 15 is 0 Å². The Kier molecular flexibility index (Phi) is 5.52. The quantitative estimate of drug-likeness (QED) is 0.531. The van der Waals surface area contributed by atoms with Crippen molar-refractivity contribution in [2.45, 2.75) is 43.3 Å². The van der Waals surface area contributed by atoms with Crippen LogP contribution in [0.2, 0.25) is 5.02 Å². The van der Waals surface area contributed by atoms with Crippen LogP contribution in [-0.4, -0.2) is 27.5 Å². The van der Waals surface area contributed by atoms with Crippen molar-refractivity contribution < 1.29 is 13.5 Å². The smallest absolute Gasteiger partial charge is 0.191 e. The minimum absolute atomic E-state index is 0.153. The lowest BCUT2D eigenvalue weighted by molar-refractivity contribution is 0.0953. The zero-order chi connectivity index (χ0) is 18.8. The summed E-state index contributed by atoms with van der Waals surface area (Å²) in [4.78, 5) is 0. The molecule has 0 aliphatic carbocycles. The van der Waals surface area contributed by atoms with Crippen LogP contribution >= 0.6 is 23.4 Å². The molecule has 1 aliphatic heterocycles. The monoisotopic (exact) mass is 407 g/mol. The molecule has 1 fully saturated rings. The van der Waals surface area contributed by atoms with E-state index in [-0.39, 0.29) is 11.9 Å². The van der Waals surface area contributed by atoms with Gasteiger partial charge in [-0.05, 0) is 43.5 Å². The van der Waals surface area contributed by atoms with Gasteiger partial charge in [0.2, 0.25) is 0 Å². The highest BCUT2D eigenvalue weighted by molar-refractivity contribution is 7.98. The first-order valence-corrected chi connectivity index (χ1v) is 10.1.